The molecule has 0 atom stereocenters. The van der Waals surface area contributed by atoms with E-state index >= 15 is 0 Å². The highest BCUT2D eigenvalue weighted by molar-refractivity contribution is 6.32. The van der Waals surface area contributed by atoms with E-state index in [2.05, 4.69) is 0 Å². The lowest BCUT2D eigenvalue weighted by Gasteiger charge is -2.08. The van der Waals surface area contributed by atoms with Crippen LogP contribution in [-0.4, -0.2) is 16.0 Å². The van der Waals surface area contributed by atoms with Gasteiger partial charge in [-0.05, 0) is 23.8 Å². The van der Waals surface area contributed by atoms with Crippen molar-refractivity contribution in [2.45, 2.75) is 6.61 Å². The molecule has 0 radical (unpaired) electrons. The minimum absolute atomic E-state index is 0.110. The Morgan fingerprint density at radius 1 is 1.29 bits per heavy atom. The number of rotatable bonds is 5. The van der Waals surface area contributed by atoms with Gasteiger partial charge in [0.2, 0.25) is 0 Å². The fourth-order valence-corrected chi connectivity index (χ4v) is 1.90. The van der Waals surface area contributed by atoms with E-state index in [-0.39, 0.29) is 22.9 Å². The number of ether oxygens (including phenoxy) is 1. The Kier molecular flexibility index (Phi) is 4.39. The van der Waals surface area contributed by atoms with E-state index in [4.69, 9.17) is 21.4 Å². The Labute approximate surface area is 124 Å². The van der Waals surface area contributed by atoms with Crippen LogP contribution in [0.5, 0.6) is 5.75 Å². The van der Waals surface area contributed by atoms with E-state index in [1.54, 1.807) is 12.1 Å². The number of hydrogen-bond acceptors (Lipinski definition) is 4. The fraction of sp³-hybridized carbons (Fsp3) is 0.0714. The van der Waals surface area contributed by atoms with Crippen molar-refractivity contribution in [2.75, 3.05) is 0 Å². The fourth-order valence-electron chi connectivity index (χ4n) is 1.68. The summed E-state index contributed by atoms with van der Waals surface area (Å²) in [4.78, 5) is 20.9. The third-order valence-corrected chi connectivity index (χ3v) is 2.99. The number of nitro groups is 1. The summed E-state index contributed by atoms with van der Waals surface area (Å²) in [5.41, 5.74) is 0.690. The van der Waals surface area contributed by atoms with Gasteiger partial charge in [-0.3, -0.25) is 10.1 Å². The SMILES string of the molecule is O=C(O)c1cccc(COc2ccc([N+](=O)[O-])cc2Cl)c1. The summed E-state index contributed by atoms with van der Waals surface area (Å²) in [6.07, 6.45) is 0. The summed E-state index contributed by atoms with van der Waals surface area (Å²) < 4.78 is 5.44. The van der Waals surface area contributed by atoms with E-state index in [1.807, 2.05) is 0 Å². The monoisotopic (exact) mass is 307 g/mol. The third kappa shape index (κ3) is 3.70. The Hall–Kier alpha value is -2.60. The smallest absolute Gasteiger partial charge is 0.335 e. The summed E-state index contributed by atoms with van der Waals surface area (Å²) in [6.45, 7) is 0.110. The van der Waals surface area contributed by atoms with E-state index in [0.29, 0.717) is 11.3 Å². The Bertz CT molecular complexity index is 702. The van der Waals surface area contributed by atoms with Gasteiger partial charge in [0.15, 0.2) is 0 Å². The number of nitrogens with zero attached hydrogens (tertiary/aromatic N) is 1. The number of carboxylic acids is 1. The van der Waals surface area contributed by atoms with Crippen LogP contribution >= 0.6 is 11.6 Å². The highest BCUT2D eigenvalue weighted by Gasteiger charge is 2.10. The van der Waals surface area contributed by atoms with Gasteiger partial charge in [-0.1, -0.05) is 23.7 Å². The first-order valence-corrected chi connectivity index (χ1v) is 6.24. The number of benzene rings is 2. The molecule has 108 valence electrons. The second-order valence-electron chi connectivity index (χ2n) is 4.17. The summed E-state index contributed by atoms with van der Waals surface area (Å²) in [6, 6.07) is 10.2. The maximum absolute atomic E-state index is 10.9. The quantitative estimate of drug-likeness (QED) is 0.674. The maximum atomic E-state index is 10.9. The zero-order valence-corrected chi connectivity index (χ0v) is 11.4. The predicted molar refractivity (Wildman–Crippen MR) is 75.8 cm³/mol. The van der Waals surface area contributed by atoms with E-state index in [1.165, 1.54) is 30.3 Å². The number of hydrogen-bond donors (Lipinski definition) is 1. The molecule has 0 bridgehead atoms. The lowest BCUT2D eigenvalue weighted by Crippen LogP contribution is -2.00. The molecule has 0 aliphatic rings. The standard InChI is InChI=1S/C14H10ClNO5/c15-12-7-11(16(19)20)4-5-13(12)21-8-9-2-1-3-10(6-9)14(17)18/h1-7H,8H2,(H,17,18). The molecule has 0 amide bonds. The predicted octanol–water partition coefficient (Wildman–Crippen LogP) is 3.53. The third-order valence-electron chi connectivity index (χ3n) is 2.69. The van der Waals surface area contributed by atoms with Gasteiger partial charge in [-0.15, -0.1) is 0 Å². The molecule has 0 aliphatic heterocycles. The van der Waals surface area contributed by atoms with Crippen LogP contribution in [0.25, 0.3) is 0 Å². The molecule has 0 spiro atoms. The summed E-state index contributed by atoms with van der Waals surface area (Å²) in [5.74, 6) is -0.729. The molecule has 0 saturated heterocycles. The normalized spacial score (nSPS) is 10.1. The first-order valence-electron chi connectivity index (χ1n) is 5.86. The zero-order valence-electron chi connectivity index (χ0n) is 10.7. The van der Waals surface area contributed by atoms with Crippen LogP contribution in [-0.2, 0) is 6.61 Å². The molecule has 2 rings (SSSR count). The minimum atomic E-state index is -1.02. The highest BCUT2D eigenvalue weighted by atomic mass is 35.5. The molecular weight excluding hydrogens is 298 g/mol. The van der Waals surface area contributed by atoms with Gasteiger partial charge in [0.1, 0.15) is 12.4 Å². The Morgan fingerprint density at radius 3 is 2.67 bits per heavy atom. The Morgan fingerprint density at radius 2 is 2.05 bits per heavy atom. The summed E-state index contributed by atoms with van der Waals surface area (Å²) in [5, 5.41) is 19.6. The van der Waals surface area contributed by atoms with Crippen LogP contribution < -0.4 is 4.74 Å². The number of aromatic carboxylic acids is 1. The van der Waals surface area contributed by atoms with Gasteiger partial charge in [0.05, 0.1) is 15.5 Å². The number of halogens is 1. The molecule has 21 heavy (non-hydrogen) atoms. The van der Waals surface area contributed by atoms with Crippen molar-refractivity contribution < 1.29 is 19.6 Å². The summed E-state index contributed by atoms with van der Waals surface area (Å²) >= 11 is 5.90. The van der Waals surface area contributed by atoms with Crippen molar-refractivity contribution in [3.8, 4) is 5.75 Å². The Balaban J connectivity index is 2.11. The lowest BCUT2D eigenvalue weighted by molar-refractivity contribution is -0.384. The topological polar surface area (TPSA) is 89.7 Å². The average molecular weight is 308 g/mol. The molecule has 2 aromatic carbocycles. The molecule has 0 unspecified atom stereocenters. The molecule has 0 aliphatic carbocycles. The molecule has 1 N–H and O–H groups in total. The second kappa shape index (κ2) is 6.23. The van der Waals surface area contributed by atoms with Gasteiger partial charge < -0.3 is 9.84 Å². The molecule has 0 saturated carbocycles. The van der Waals surface area contributed by atoms with Crippen molar-refractivity contribution in [3.63, 3.8) is 0 Å². The van der Waals surface area contributed by atoms with Crippen LogP contribution in [0.15, 0.2) is 42.5 Å². The first kappa shape index (κ1) is 14.8. The number of carboxylic acid groups (broad SMARTS) is 1. The largest absolute Gasteiger partial charge is 0.487 e. The molecule has 6 nitrogen and oxygen atoms in total. The molecule has 0 heterocycles. The maximum Gasteiger partial charge on any atom is 0.335 e. The minimum Gasteiger partial charge on any atom is -0.487 e. The second-order valence-corrected chi connectivity index (χ2v) is 4.57. The van der Waals surface area contributed by atoms with Crippen molar-refractivity contribution >= 4 is 23.3 Å². The van der Waals surface area contributed by atoms with E-state index < -0.39 is 10.9 Å². The van der Waals surface area contributed by atoms with E-state index in [9.17, 15) is 14.9 Å². The van der Waals surface area contributed by atoms with Gasteiger partial charge in [0, 0.05) is 12.1 Å². The number of nitro benzene ring substituents is 1. The molecule has 7 heteroatoms. The van der Waals surface area contributed by atoms with Crippen LogP contribution in [0.1, 0.15) is 15.9 Å². The van der Waals surface area contributed by atoms with Crippen molar-refractivity contribution in [3.05, 3.63) is 68.7 Å². The van der Waals surface area contributed by atoms with Crippen LogP contribution in [0, 0.1) is 10.1 Å². The van der Waals surface area contributed by atoms with Gasteiger partial charge in [0.25, 0.3) is 5.69 Å². The van der Waals surface area contributed by atoms with Crippen molar-refractivity contribution in [1.82, 2.24) is 0 Å². The van der Waals surface area contributed by atoms with Crippen molar-refractivity contribution in [1.29, 1.82) is 0 Å². The van der Waals surface area contributed by atoms with Gasteiger partial charge in [-0.2, -0.15) is 0 Å². The van der Waals surface area contributed by atoms with Crippen LogP contribution in [0.3, 0.4) is 0 Å². The number of carbonyl (C=O) groups is 1. The van der Waals surface area contributed by atoms with Crippen LogP contribution in [0.4, 0.5) is 5.69 Å². The van der Waals surface area contributed by atoms with Gasteiger partial charge >= 0.3 is 5.97 Å². The molecule has 0 fully saturated rings. The zero-order chi connectivity index (χ0) is 15.4. The average Bonchev–Trinajstić information content (AvgIpc) is 2.46. The first-order chi connectivity index (χ1) is 9.97. The molecule has 0 aromatic heterocycles. The molecule has 2 aromatic rings. The van der Waals surface area contributed by atoms with Crippen LogP contribution in [0.2, 0.25) is 5.02 Å². The lowest BCUT2D eigenvalue weighted by atomic mass is 10.1. The van der Waals surface area contributed by atoms with Gasteiger partial charge in [-0.25, -0.2) is 4.79 Å². The van der Waals surface area contributed by atoms with E-state index in [0.717, 1.165) is 0 Å². The summed E-state index contributed by atoms with van der Waals surface area (Å²) in [7, 11) is 0. The highest BCUT2D eigenvalue weighted by Crippen LogP contribution is 2.29. The molecular formula is C14H10ClNO5. The number of non-ortho nitro benzene ring substituents is 1. The van der Waals surface area contributed by atoms with Crippen molar-refractivity contribution in [2.24, 2.45) is 0 Å².